The highest BCUT2D eigenvalue weighted by Crippen LogP contribution is 2.12. The van der Waals surface area contributed by atoms with Crippen molar-refractivity contribution in [1.29, 1.82) is 5.26 Å². The lowest BCUT2D eigenvalue weighted by Gasteiger charge is -2.23. The summed E-state index contributed by atoms with van der Waals surface area (Å²) in [7, 11) is -0.605. The SMILES string of the molecule is CN(CCC#N)S(=O)(=O)N(C)Cc1cnn(-c2ccccc2)c1. The fraction of sp³-hybridized carbons (Fsp3) is 0.333. The van der Waals surface area contributed by atoms with Gasteiger partial charge in [-0.15, -0.1) is 0 Å². The lowest BCUT2D eigenvalue weighted by atomic mass is 10.3. The van der Waals surface area contributed by atoms with Gasteiger partial charge in [-0.3, -0.25) is 0 Å². The molecule has 0 aliphatic rings. The van der Waals surface area contributed by atoms with Crippen LogP contribution in [-0.2, 0) is 16.8 Å². The van der Waals surface area contributed by atoms with Gasteiger partial charge in [0.1, 0.15) is 0 Å². The van der Waals surface area contributed by atoms with E-state index in [1.165, 1.54) is 22.7 Å². The Morgan fingerprint density at radius 3 is 2.57 bits per heavy atom. The predicted molar refractivity (Wildman–Crippen MR) is 86.8 cm³/mol. The molecule has 1 heterocycles. The zero-order chi connectivity index (χ0) is 16.9. The molecule has 0 radical (unpaired) electrons. The van der Waals surface area contributed by atoms with Gasteiger partial charge in [0.2, 0.25) is 0 Å². The Balaban J connectivity index is 2.07. The zero-order valence-corrected chi connectivity index (χ0v) is 13.9. The van der Waals surface area contributed by atoms with E-state index in [9.17, 15) is 8.42 Å². The largest absolute Gasteiger partial charge is 0.281 e. The number of rotatable bonds is 7. The molecule has 0 aliphatic carbocycles. The number of nitriles is 1. The molecule has 122 valence electrons. The average molecular weight is 333 g/mol. The van der Waals surface area contributed by atoms with Gasteiger partial charge in [-0.2, -0.15) is 27.4 Å². The van der Waals surface area contributed by atoms with Crippen LogP contribution in [0.5, 0.6) is 0 Å². The summed E-state index contributed by atoms with van der Waals surface area (Å²) in [6, 6.07) is 11.5. The first-order chi connectivity index (χ1) is 10.9. The third kappa shape index (κ3) is 4.16. The van der Waals surface area contributed by atoms with Crippen molar-refractivity contribution in [3.05, 3.63) is 48.3 Å². The minimum Gasteiger partial charge on any atom is -0.241 e. The van der Waals surface area contributed by atoms with Crippen molar-refractivity contribution >= 4 is 10.2 Å². The molecule has 0 saturated carbocycles. The van der Waals surface area contributed by atoms with Crippen LogP contribution in [0.2, 0.25) is 0 Å². The highest BCUT2D eigenvalue weighted by molar-refractivity contribution is 7.86. The minimum atomic E-state index is -3.59. The summed E-state index contributed by atoms with van der Waals surface area (Å²) in [5.41, 5.74) is 1.70. The van der Waals surface area contributed by atoms with Gasteiger partial charge in [-0.1, -0.05) is 18.2 Å². The second-order valence-corrected chi connectivity index (χ2v) is 7.26. The van der Waals surface area contributed by atoms with E-state index in [1.54, 1.807) is 17.1 Å². The fourth-order valence-corrected chi connectivity index (χ4v) is 3.17. The number of benzene rings is 1. The first-order valence-corrected chi connectivity index (χ1v) is 8.48. The Morgan fingerprint density at radius 1 is 1.22 bits per heavy atom. The van der Waals surface area contributed by atoms with Gasteiger partial charge in [-0.05, 0) is 12.1 Å². The lowest BCUT2D eigenvalue weighted by Crippen LogP contribution is -2.39. The molecule has 0 unspecified atom stereocenters. The number of aromatic nitrogens is 2. The van der Waals surface area contributed by atoms with Gasteiger partial charge in [0.15, 0.2) is 0 Å². The maximum absolute atomic E-state index is 12.3. The molecule has 0 amide bonds. The molecule has 1 aromatic heterocycles. The van der Waals surface area contributed by atoms with E-state index in [0.717, 1.165) is 11.3 Å². The first kappa shape index (κ1) is 17.1. The molecule has 8 heteroatoms. The molecule has 0 saturated heterocycles. The Morgan fingerprint density at radius 2 is 1.91 bits per heavy atom. The zero-order valence-electron chi connectivity index (χ0n) is 13.1. The van der Waals surface area contributed by atoms with E-state index in [2.05, 4.69) is 5.10 Å². The van der Waals surface area contributed by atoms with Crippen molar-refractivity contribution in [2.45, 2.75) is 13.0 Å². The summed E-state index contributed by atoms with van der Waals surface area (Å²) in [6.07, 6.45) is 3.61. The van der Waals surface area contributed by atoms with Crippen molar-refractivity contribution in [2.75, 3.05) is 20.6 Å². The maximum atomic E-state index is 12.3. The van der Waals surface area contributed by atoms with E-state index in [-0.39, 0.29) is 19.5 Å². The van der Waals surface area contributed by atoms with Crippen LogP contribution in [0.4, 0.5) is 0 Å². The molecule has 0 aliphatic heterocycles. The van der Waals surface area contributed by atoms with Crippen LogP contribution in [0.25, 0.3) is 5.69 Å². The number of hydrogen-bond donors (Lipinski definition) is 0. The highest BCUT2D eigenvalue weighted by Gasteiger charge is 2.23. The van der Waals surface area contributed by atoms with Crippen LogP contribution in [-0.4, -0.2) is 47.4 Å². The summed E-state index contributed by atoms with van der Waals surface area (Å²) in [4.78, 5) is 0. The van der Waals surface area contributed by atoms with Gasteiger partial charge in [0.05, 0.1) is 18.0 Å². The second kappa shape index (κ2) is 7.37. The predicted octanol–water partition coefficient (Wildman–Crippen LogP) is 1.39. The second-order valence-electron chi connectivity index (χ2n) is 5.12. The smallest absolute Gasteiger partial charge is 0.241 e. The Hall–Kier alpha value is -2.21. The Bertz CT molecular complexity index is 780. The molecule has 23 heavy (non-hydrogen) atoms. The summed E-state index contributed by atoms with van der Waals surface area (Å²) in [5, 5.41) is 12.8. The van der Waals surface area contributed by atoms with E-state index < -0.39 is 10.2 Å². The first-order valence-electron chi connectivity index (χ1n) is 7.08. The number of hydrogen-bond acceptors (Lipinski definition) is 4. The van der Waals surface area contributed by atoms with Crippen LogP contribution < -0.4 is 0 Å². The molecule has 2 rings (SSSR count). The van der Waals surface area contributed by atoms with Gasteiger partial charge in [0, 0.05) is 45.4 Å². The topological polar surface area (TPSA) is 82.2 Å². The standard InChI is InChI=1S/C15H19N5O2S/c1-18(10-6-9-16)23(21,22)19(2)12-14-11-17-20(13-14)15-7-4-3-5-8-15/h3-5,7-8,11,13H,6,10,12H2,1-2H3. The Kier molecular flexibility index (Phi) is 5.50. The number of para-hydroxylation sites is 1. The molecule has 2 aromatic rings. The van der Waals surface area contributed by atoms with E-state index >= 15 is 0 Å². The Labute approximate surface area is 136 Å². The van der Waals surface area contributed by atoms with Crippen LogP contribution in [0, 0.1) is 11.3 Å². The average Bonchev–Trinajstić information content (AvgIpc) is 3.01. The normalized spacial score (nSPS) is 11.8. The molecule has 0 fully saturated rings. The van der Waals surface area contributed by atoms with Crippen molar-refractivity contribution in [2.24, 2.45) is 0 Å². The van der Waals surface area contributed by atoms with Crippen molar-refractivity contribution in [3.63, 3.8) is 0 Å². The van der Waals surface area contributed by atoms with Gasteiger partial charge >= 0.3 is 0 Å². The minimum absolute atomic E-state index is 0.162. The fourth-order valence-electron chi connectivity index (χ4n) is 2.06. The molecule has 0 spiro atoms. The summed E-state index contributed by atoms with van der Waals surface area (Å²) in [5.74, 6) is 0. The van der Waals surface area contributed by atoms with Gasteiger partial charge < -0.3 is 0 Å². The van der Waals surface area contributed by atoms with E-state index in [4.69, 9.17) is 5.26 Å². The van der Waals surface area contributed by atoms with Crippen molar-refractivity contribution in [1.82, 2.24) is 18.4 Å². The van der Waals surface area contributed by atoms with Gasteiger partial charge in [-0.25, -0.2) is 4.68 Å². The van der Waals surface area contributed by atoms with Gasteiger partial charge in [0.25, 0.3) is 10.2 Å². The monoisotopic (exact) mass is 333 g/mol. The van der Waals surface area contributed by atoms with Crippen LogP contribution >= 0.6 is 0 Å². The number of nitrogens with zero attached hydrogens (tertiary/aromatic N) is 5. The maximum Gasteiger partial charge on any atom is 0.281 e. The third-order valence-corrected chi connectivity index (χ3v) is 5.28. The molecular formula is C15H19N5O2S. The highest BCUT2D eigenvalue weighted by atomic mass is 32.2. The van der Waals surface area contributed by atoms with Crippen LogP contribution in [0.1, 0.15) is 12.0 Å². The van der Waals surface area contributed by atoms with E-state index in [1.807, 2.05) is 36.4 Å². The molecule has 1 aromatic carbocycles. The molecular weight excluding hydrogens is 314 g/mol. The quantitative estimate of drug-likeness (QED) is 0.767. The van der Waals surface area contributed by atoms with Crippen molar-refractivity contribution in [3.8, 4) is 11.8 Å². The summed E-state index contributed by atoms with van der Waals surface area (Å²) >= 11 is 0. The molecule has 0 N–H and O–H groups in total. The molecule has 0 atom stereocenters. The summed E-state index contributed by atoms with van der Waals surface area (Å²) < 4.78 is 28.8. The van der Waals surface area contributed by atoms with Crippen molar-refractivity contribution < 1.29 is 8.42 Å². The van der Waals surface area contributed by atoms with Crippen LogP contribution in [0.15, 0.2) is 42.7 Å². The molecule has 0 bridgehead atoms. The van der Waals surface area contributed by atoms with E-state index in [0.29, 0.717) is 0 Å². The lowest BCUT2D eigenvalue weighted by molar-refractivity contribution is 0.392. The van der Waals surface area contributed by atoms with Crippen LogP contribution in [0.3, 0.4) is 0 Å². The third-order valence-electron chi connectivity index (χ3n) is 3.39. The summed E-state index contributed by atoms with van der Waals surface area (Å²) in [6.45, 7) is 0.387. The molecule has 7 nitrogen and oxygen atoms in total.